The Bertz CT molecular complexity index is 1000. The molecule has 0 aliphatic carbocycles. The van der Waals surface area contributed by atoms with Crippen LogP contribution >= 0.6 is 12.2 Å². The van der Waals surface area contributed by atoms with Gasteiger partial charge in [0.2, 0.25) is 0 Å². The third kappa shape index (κ3) is 3.47. The molecule has 3 aromatic rings. The number of nitrogens with one attached hydrogen (secondary N) is 2. The Hall–Kier alpha value is -2.25. The van der Waals surface area contributed by atoms with Crippen LogP contribution in [-0.2, 0) is 16.6 Å². The van der Waals surface area contributed by atoms with Crippen molar-refractivity contribution < 1.29 is 13.4 Å². The second-order valence-corrected chi connectivity index (χ2v) is 7.29. The number of H-pyrrole nitrogens is 1. The molecule has 0 bridgehead atoms. The maximum Gasteiger partial charge on any atom is 0.266 e. The van der Waals surface area contributed by atoms with Gasteiger partial charge in [0.1, 0.15) is 0 Å². The van der Waals surface area contributed by atoms with Crippen molar-refractivity contribution in [2.75, 3.05) is 11.6 Å². The Morgan fingerprint density at radius 2 is 2.12 bits per heavy atom. The molecule has 1 aromatic heterocycles. The predicted octanol–water partition coefficient (Wildman–Crippen LogP) is 3.93. The maximum atomic E-state index is 12.5. The molecule has 1 amide bonds. The molecule has 1 heterocycles. The van der Waals surface area contributed by atoms with Crippen LogP contribution in [0.3, 0.4) is 0 Å². The summed E-state index contributed by atoms with van der Waals surface area (Å²) in [6, 6.07) is 10.7. The molecular formula is C17H16N2O3S2. The van der Waals surface area contributed by atoms with Crippen LogP contribution in [0.4, 0.5) is 5.69 Å². The zero-order valence-electron chi connectivity index (χ0n) is 13.2. The lowest BCUT2D eigenvalue weighted by Crippen LogP contribution is -2.13. The highest BCUT2D eigenvalue weighted by Crippen LogP contribution is 2.22. The van der Waals surface area contributed by atoms with Crippen molar-refractivity contribution in [2.45, 2.75) is 12.7 Å². The molecule has 2 N–H and O–H groups in total. The minimum Gasteiger partial charge on any atom is -0.429 e. The third-order valence-electron chi connectivity index (χ3n) is 3.74. The molecule has 2 aromatic carbocycles. The summed E-state index contributed by atoms with van der Waals surface area (Å²) in [7, 11) is -0.936. The van der Waals surface area contributed by atoms with Gasteiger partial charge in [-0.2, -0.15) is 0 Å². The molecule has 1 unspecified atom stereocenters. The topological polar surface area (TPSA) is 75.1 Å². The van der Waals surface area contributed by atoms with E-state index in [9.17, 15) is 9.00 Å². The standard InChI is InChI=1S/C17H16N2O3S2/c1-10-12(9-24(2)21)4-3-5-13(10)18-16(20)11-6-7-14-15(8-11)22-17(23)19-14/h3-8H,9H2,1-2H3,(H,18,20)(H,19,23). The number of benzene rings is 2. The van der Waals surface area contributed by atoms with E-state index < -0.39 is 10.8 Å². The molecule has 0 radical (unpaired) electrons. The van der Waals surface area contributed by atoms with E-state index in [-0.39, 0.29) is 10.7 Å². The van der Waals surface area contributed by atoms with E-state index in [1.807, 2.05) is 25.1 Å². The van der Waals surface area contributed by atoms with Crippen LogP contribution in [0.1, 0.15) is 21.5 Å². The highest BCUT2D eigenvalue weighted by atomic mass is 32.2. The second kappa shape index (κ2) is 6.70. The van der Waals surface area contributed by atoms with Crippen LogP contribution in [0.2, 0.25) is 0 Å². The number of oxazole rings is 1. The van der Waals surface area contributed by atoms with Gasteiger partial charge in [-0.1, -0.05) is 12.1 Å². The Labute approximate surface area is 146 Å². The summed E-state index contributed by atoms with van der Waals surface area (Å²) >= 11 is 4.94. The van der Waals surface area contributed by atoms with Crippen molar-refractivity contribution in [1.82, 2.24) is 4.98 Å². The number of carbonyl (C=O) groups excluding carboxylic acids is 1. The van der Waals surface area contributed by atoms with Crippen molar-refractivity contribution in [2.24, 2.45) is 0 Å². The van der Waals surface area contributed by atoms with Crippen molar-refractivity contribution >= 4 is 45.7 Å². The number of hydrogen-bond donors (Lipinski definition) is 2. The average Bonchev–Trinajstić information content (AvgIpc) is 2.89. The summed E-state index contributed by atoms with van der Waals surface area (Å²) in [5.41, 5.74) is 4.35. The lowest BCUT2D eigenvalue weighted by atomic mass is 10.1. The van der Waals surface area contributed by atoms with E-state index in [0.717, 1.165) is 16.6 Å². The molecule has 3 rings (SSSR count). The third-order valence-corrected chi connectivity index (χ3v) is 4.64. The van der Waals surface area contributed by atoms with Crippen LogP contribution in [0.5, 0.6) is 0 Å². The highest BCUT2D eigenvalue weighted by molar-refractivity contribution is 7.83. The minimum absolute atomic E-state index is 0.239. The summed E-state index contributed by atoms with van der Waals surface area (Å²) in [6.07, 6.45) is 1.66. The van der Waals surface area contributed by atoms with Gasteiger partial charge < -0.3 is 14.7 Å². The minimum atomic E-state index is -0.936. The Morgan fingerprint density at radius 3 is 2.88 bits per heavy atom. The van der Waals surface area contributed by atoms with E-state index in [4.69, 9.17) is 16.6 Å². The molecule has 24 heavy (non-hydrogen) atoms. The van der Waals surface area contributed by atoms with Crippen molar-refractivity contribution in [3.8, 4) is 0 Å². The van der Waals surface area contributed by atoms with Gasteiger partial charge >= 0.3 is 0 Å². The van der Waals surface area contributed by atoms with E-state index in [1.54, 1.807) is 24.5 Å². The van der Waals surface area contributed by atoms with Gasteiger partial charge in [-0.05, 0) is 54.5 Å². The number of carbonyl (C=O) groups is 1. The summed E-state index contributed by atoms with van der Waals surface area (Å²) < 4.78 is 16.8. The fourth-order valence-corrected chi connectivity index (χ4v) is 3.43. The highest BCUT2D eigenvalue weighted by Gasteiger charge is 2.12. The molecule has 5 nitrogen and oxygen atoms in total. The number of aromatic nitrogens is 1. The zero-order chi connectivity index (χ0) is 17.3. The zero-order valence-corrected chi connectivity index (χ0v) is 14.8. The van der Waals surface area contributed by atoms with Crippen molar-refractivity contribution in [3.05, 3.63) is 57.9 Å². The number of amides is 1. The van der Waals surface area contributed by atoms with E-state index in [2.05, 4.69) is 10.3 Å². The largest absolute Gasteiger partial charge is 0.429 e. The molecular weight excluding hydrogens is 344 g/mol. The Balaban J connectivity index is 1.88. The lowest BCUT2D eigenvalue weighted by Gasteiger charge is -2.12. The van der Waals surface area contributed by atoms with Gasteiger partial charge in [0.25, 0.3) is 10.7 Å². The average molecular weight is 360 g/mol. The van der Waals surface area contributed by atoms with Crippen LogP contribution in [-0.4, -0.2) is 21.4 Å². The normalized spacial score (nSPS) is 12.2. The van der Waals surface area contributed by atoms with Crippen LogP contribution in [0.15, 0.2) is 40.8 Å². The number of aromatic amines is 1. The number of fused-ring (bicyclic) bond motifs is 1. The van der Waals surface area contributed by atoms with E-state index in [1.165, 1.54) is 0 Å². The Kier molecular flexibility index (Phi) is 4.64. The van der Waals surface area contributed by atoms with Gasteiger partial charge in [-0.3, -0.25) is 9.00 Å². The first-order chi connectivity index (χ1) is 11.4. The first kappa shape index (κ1) is 16.6. The molecule has 0 saturated heterocycles. The van der Waals surface area contributed by atoms with Crippen molar-refractivity contribution in [1.29, 1.82) is 0 Å². The molecule has 124 valence electrons. The van der Waals surface area contributed by atoms with Crippen LogP contribution < -0.4 is 5.32 Å². The van der Waals surface area contributed by atoms with Crippen LogP contribution in [0.25, 0.3) is 11.1 Å². The molecule has 0 aliphatic heterocycles. The monoisotopic (exact) mass is 360 g/mol. The maximum absolute atomic E-state index is 12.5. The SMILES string of the molecule is Cc1c(CS(C)=O)cccc1NC(=O)c1ccc2[nH]c(=S)oc2c1. The predicted molar refractivity (Wildman–Crippen MR) is 98.3 cm³/mol. The van der Waals surface area contributed by atoms with E-state index >= 15 is 0 Å². The first-order valence-electron chi connectivity index (χ1n) is 7.27. The lowest BCUT2D eigenvalue weighted by molar-refractivity contribution is 0.102. The molecule has 0 saturated carbocycles. The Morgan fingerprint density at radius 1 is 1.33 bits per heavy atom. The number of hydrogen-bond acceptors (Lipinski definition) is 4. The first-order valence-corrected chi connectivity index (χ1v) is 9.40. The van der Waals surface area contributed by atoms with Gasteiger partial charge in [-0.15, -0.1) is 0 Å². The molecule has 1 atom stereocenters. The second-order valence-electron chi connectivity index (χ2n) is 5.49. The smallest absolute Gasteiger partial charge is 0.266 e. The molecule has 7 heteroatoms. The van der Waals surface area contributed by atoms with Gasteiger partial charge in [0.15, 0.2) is 5.58 Å². The fourth-order valence-electron chi connectivity index (χ4n) is 2.48. The fraction of sp³-hybridized carbons (Fsp3) is 0.176. The summed E-state index contributed by atoms with van der Waals surface area (Å²) in [5.74, 6) is 0.225. The quantitative estimate of drug-likeness (QED) is 0.691. The molecule has 0 fully saturated rings. The molecule has 0 aliphatic rings. The molecule has 0 spiro atoms. The van der Waals surface area contributed by atoms with Crippen LogP contribution in [0, 0.1) is 11.8 Å². The summed E-state index contributed by atoms with van der Waals surface area (Å²) in [6.45, 7) is 1.91. The summed E-state index contributed by atoms with van der Waals surface area (Å²) in [5, 5.41) is 2.90. The number of anilines is 1. The van der Waals surface area contributed by atoms with E-state index in [0.29, 0.717) is 22.6 Å². The van der Waals surface area contributed by atoms with Gasteiger partial charge in [0.05, 0.1) is 5.52 Å². The number of rotatable bonds is 4. The van der Waals surface area contributed by atoms with Gasteiger partial charge in [0, 0.05) is 34.1 Å². The van der Waals surface area contributed by atoms with Gasteiger partial charge in [-0.25, -0.2) is 0 Å². The summed E-state index contributed by atoms with van der Waals surface area (Å²) in [4.78, 5) is 15.7. The van der Waals surface area contributed by atoms with Crippen molar-refractivity contribution in [3.63, 3.8) is 0 Å².